The lowest BCUT2D eigenvalue weighted by atomic mass is 10.2. The lowest BCUT2D eigenvalue weighted by Crippen LogP contribution is -2.26. The predicted octanol–water partition coefficient (Wildman–Crippen LogP) is 1.28. The van der Waals surface area contributed by atoms with Crippen molar-refractivity contribution in [3.05, 3.63) is 36.0 Å². The lowest BCUT2D eigenvalue weighted by Gasteiger charge is -2.12. The number of rotatable bonds is 7. The normalized spacial score (nSPS) is 13.7. The Morgan fingerprint density at radius 1 is 1.30 bits per heavy atom. The maximum Gasteiger partial charge on any atom is 0.259 e. The molecule has 8 heteroatoms. The predicted molar refractivity (Wildman–Crippen MR) is 87.5 cm³/mol. The molecule has 0 radical (unpaired) electrons. The van der Waals surface area contributed by atoms with E-state index in [2.05, 4.69) is 9.71 Å². The highest BCUT2D eigenvalue weighted by atomic mass is 32.2. The second kappa shape index (κ2) is 6.86. The number of aryl methyl sites for hydroxylation is 2. The molecule has 0 amide bonds. The van der Waals surface area contributed by atoms with E-state index in [1.54, 1.807) is 11.6 Å². The van der Waals surface area contributed by atoms with Crippen molar-refractivity contribution in [1.82, 2.24) is 18.8 Å². The fourth-order valence-corrected chi connectivity index (χ4v) is 3.54. The molecule has 0 aliphatic heterocycles. The highest BCUT2D eigenvalue weighted by molar-refractivity contribution is 7.89. The van der Waals surface area contributed by atoms with Crippen LogP contribution in [-0.4, -0.2) is 34.2 Å². The molecule has 0 fully saturated rings. The van der Waals surface area contributed by atoms with E-state index in [9.17, 15) is 13.5 Å². The van der Waals surface area contributed by atoms with Crippen molar-refractivity contribution < 1.29 is 13.5 Å². The molecule has 2 rings (SSSR count). The number of hydrogen-bond donors (Lipinski definition) is 2. The van der Waals surface area contributed by atoms with Gasteiger partial charge in [0.15, 0.2) is 5.03 Å². The van der Waals surface area contributed by atoms with Crippen molar-refractivity contribution in [2.75, 3.05) is 6.54 Å². The van der Waals surface area contributed by atoms with Gasteiger partial charge in [-0.05, 0) is 18.6 Å². The standard InChI is InChI=1S/C15H24N4O3S/c1-11(2)15-17-14(10-19(15)4)23(21,22)16-8-7-13(20)12-6-5-9-18(12)3/h5-6,9-11,13,16,20H,7-8H2,1-4H3. The Bertz CT molecular complexity index is 762. The number of nitrogens with zero attached hydrogens (tertiary/aromatic N) is 3. The molecule has 0 aliphatic rings. The fourth-order valence-electron chi connectivity index (χ4n) is 2.49. The van der Waals surface area contributed by atoms with E-state index in [4.69, 9.17) is 0 Å². The van der Waals surface area contributed by atoms with Crippen LogP contribution >= 0.6 is 0 Å². The molecule has 0 spiro atoms. The van der Waals surface area contributed by atoms with Gasteiger partial charge in [-0.25, -0.2) is 18.1 Å². The summed E-state index contributed by atoms with van der Waals surface area (Å²) in [6.07, 6.45) is 2.92. The maximum atomic E-state index is 12.3. The van der Waals surface area contributed by atoms with Crippen molar-refractivity contribution in [3.63, 3.8) is 0 Å². The van der Waals surface area contributed by atoms with Crippen LogP contribution in [-0.2, 0) is 24.1 Å². The average molecular weight is 340 g/mol. The first kappa shape index (κ1) is 17.7. The molecule has 2 N–H and O–H groups in total. The monoisotopic (exact) mass is 340 g/mol. The van der Waals surface area contributed by atoms with Crippen LogP contribution in [0.1, 0.15) is 43.8 Å². The topological polar surface area (TPSA) is 89.2 Å². The number of nitrogens with one attached hydrogen (secondary N) is 1. The lowest BCUT2D eigenvalue weighted by molar-refractivity contribution is 0.161. The Labute approximate surface area is 137 Å². The summed E-state index contributed by atoms with van der Waals surface area (Å²) in [5, 5.41) is 10.1. The molecule has 1 atom stereocenters. The van der Waals surface area contributed by atoms with E-state index in [0.717, 1.165) is 5.69 Å². The van der Waals surface area contributed by atoms with Gasteiger partial charge in [0.2, 0.25) is 0 Å². The van der Waals surface area contributed by atoms with Crippen LogP contribution in [0.2, 0.25) is 0 Å². The first-order valence-corrected chi connectivity index (χ1v) is 9.03. The Kier molecular flexibility index (Phi) is 5.28. The summed E-state index contributed by atoms with van der Waals surface area (Å²) in [5.41, 5.74) is 0.754. The summed E-state index contributed by atoms with van der Waals surface area (Å²) in [5.74, 6) is 0.859. The average Bonchev–Trinajstić information content (AvgIpc) is 3.04. The molecule has 0 aromatic carbocycles. The van der Waals surface area contributed by atoms with Gasteiger partial charge in [-0.15, -0.1) is 0 Å². The van der Waals surface area contributed by atoms with Crippen LogP contribution in [0.15, 0.2) is 29.6 Å². The molecule has 1 unspecified atom stereocenters. The first-order chi connectivity index (χ1) is 10.7. The zero-order valence-electron chi connectivity index (χ0n) is 13.9. The van der Waals surface area contributed by atoms with Crippen molar-refractivity contribution in [1.29, 1.82) is 0 Å². The van der Waals surface area contributed by atoms with Crippen LogP contribution in [0.3, 0.4) is 0 Å². The van der Waals surface area contributed by atoms with Gasteiger partial charge in [-0.1, -0.05) is 13.8 Å². The number of sulfonamides is 1. The molecule has 2 heterocycles. The van der Waals surface area contributed by atoms with Crippen LogP contribution in [0.5, 0.6) is 0 Å². The van der Waals surface area contributed by atoms with Crippen molar-refractivity contribution in [3.8, 4) is 0 Å². The van der Waals surface area contributed by atoms with E-state index in [1.165, 1.54) is 6.20 Å². The van der Waals surface area contributed by atoms with Crippen LogP contribution in [0.25, 0.3) is 0 Å². The van der Waals surface area contributed by atoms with Crippen LogP contribution in [0.4, 0.5) is 0 Å². The van der Waals surface area contributed by atoms with Gasteiger partial charge in [-0.2, -0.15) is 0 Å². The molecule has 128 valence electrons. The van der Waals surface area contributed by atoms with Crippen molar-refractivity contribution in [2.45, 2.75) is 37.3 Å². The molecule has 0 saturated heterocycles. The van der Waals surface area contributed by atoms with Gasteiger partial charge in [0.1, 0.15) is 5.82 Å². The minimum absolute atomic E-state index is 0.0112. The molecule has 2 aromatic rings. The highest BCUT2D eigenvalue weighted by Gasteiger charge is 2.21. The zero-order chi connectivity index (χ0) is 17.2. The van der Waals surface area contributed by atoms with E-state index in [0.29, 0.717) is 12.2 Å². The quantitative estimate of drug-likeness (QED) is 0.795. The summed E-state index contributed by atoms with van der Waals surface area (Å²) in [7, 11) is -0.0543. The summed E-state index contributed by atoms with van der Waals surface area (Å²) in [4.78, 5) is 4.19. The third-order valence-corrected chi connectivity index (χ3v) is 5.05. The van der Waals surface area contributed by atoms with Crippen molar-refractivity contribution >= 4 is 10.0 Å². The van der Waals surface area contributed by atoms with Crippen LogP contribution in [0, 0.1) is 0 Å². The Morgan fingerprint density at radius 2 is 2.00 bits per heavy atom. The summed E-state index contributed by atoms with van der Waals surface area (Å²) in [6, 6.07) is 3.65. The Balaban J connectivity index is 1.99. The number of imidazole rings is 1. The number of aromatic nitrogens is 3. The Morgan fingerprint density at radius 3 is 2.52 bits per heavy atom. The van der Waals surface area contributed by atoms with E-state index in [1.807, 2.05) is 43.8 Å². The van der Waals surface area contributed by atoms with Crippen LogP contribution < -0.4 is 4.72 Å². The molecular weight excluding hydrogens is 316 g/mol. The third-order valence-electron chi connectivity index (χ3n) is 3.72. The number of aliphatic hydroxyl groups is 1. The smallest absolute Gasteiger partial charge is 0.259 e. The third kappa shape index (κ3) is 4.01. The molecule has 23 heavy (non-hydrogen) atoms. The van der Waals surface area contributed by atoms with Gasteiger partial charge in [0.25, 0.3) is 10.0 Å². The molecule has 7 nitrogen and oxygen atoms in total. The minimum atomic E-state index is -3.67. The van der Waals surface area contributed by atoms with E-state index < -0.39 is 16.1 Å². The largest absolute Gasteiger partial charge is 0.387 e. The van der Waals surface area contributed by atoms with Gasteiger partial charge < -0.3 is 14.2 Å². The van der Waals surface area contributed by atoms with Gasteiger partial charge in [0.05, 0.1) is 6.10 Å². The van der Waals surface area contributed by atoms with Gasteiger partial charge >= 0.3 is 0 Å². The minimum Gasteiger partial charge on any atom is -0.387 e. The number of aliphatic hydroxyl groups excluding tert-OH is 1. The second-order valence-corrected chi connectivity index (χ2v) is 7.66. The van der Waals surface area contributed by atoms with E-state index in [-0.39, 0.29) is 17.5 Å². The second-order valence-electron chi connectivity index (χ2n) is 5.95. The first-order valence-electron chi connectivity index (χ1n) is 7.54. The summed E-state index contributed by atoms with van der Waals surface area (Å²) >= 11 is 0. The molecular formula is C15H24N4O3S. The fraction of sp³-hybridized carbons (Fsp3) is 0.533. The molecule has 2 aromatic heterocycles. The van der Waals surface area contributed by atoms with Gasteiger partial charge in [-0.3, -0.25) is 0 Å². The molecule has 0 bridgehead atoms. The number of hydrogen-bond acceptors (Lipinski definition) is 4. The molecule has 0 saturated carbocycles. The van der Waals surface area contributed by atoms with E-state index >= 15 is 0 Å². The SMILES string of the molecule is CC(C)c1nc(S(=O)(=O)NCCC(O)c2cccn2C)cn1C. The Hall–Kier alpha value is -1.64. The summed E-state index contributed by atoms with van der Waals surface area (Å²) in [6.45, 7) is 4.06. The van der Waals surface area contributed by atoms with Gasteiger partial charge in [0, 0.05) is 44.6 Å². The maximum absolute atomic E-state index is 12.3. The van der Waals surface area contributed by atoms with Crippen molar-refractivity contribution in [2.24, 2.45) is 14.1 Å². The highest BCUT2D eigenvalue weighted by Crippen LogP contribution is 2.18. The summed E-state index contributed by atoms with van der Waals surface area (Å²) < 4.78 is 30.6. The zero-order valence-corrected chi connectivity index (χ0v) is 14.7. The molecule has 0 aliphatic carbocycles.